The molecule has 1 amide bonds. The molecular weight excluding hydrogens is 352 g/mol. The van der Waals surface area contributed by atoms with E-state index in [1.54, 1.807) is 13.0 Å². The zero-order valence-corrected chi connectivity index (χ0v) is 16.8. The molecule has 0 fully saturated rings. The van der Waals surface area contributed by atoms with Crippen LogP contribution in [0.1, 0.15) is 39.7 Å². The molecule has 0 spiro atoms. The number of para-hydroxylation sites is 1. The average molecular weight is 376 g/mol. The van der Waals surface area contributed by atoms with E-state index in [0.717, 1.165) is 39.0 Å². The van der Waals surface area contributed by atoms with Gasteiger partial charge in [0.2, 0.25) is 0 Å². The Bertz CT molecular complexity index is 1050. The number of amides is 1. The molecule has 144 valence electrons. The number of aromatic nitrogens is 1. The number of pyridine rings is 1. The zero-order chi connectivity index (χ0) is 20.4. The fraction of sp³-hybridized carbons (Fsp3) is 0.261. The van der Waals surface area contributed by atoms with E-state index in [1.165, 1.54) is 0 Å². The molecule has 0 aliphatic rings. The second-order valence-electron chi connectivity index (χ2n) is 7.14. The molecule has 5 heteroatoms. The van der Waals surface area contributed by atoms with Crippen molar-refractivity contribution in [3.8, 4) is 0 Å². The number of nitrogens with zero attached hydrogens (tertiary/aromatic N) is 1. The first-order chi connectivity index (χ1) is 13.3. The van der Waals surface area contributed by atoms with Crippen LogP contribution >= 0.6 is 0 Å². The van der Waals surface area contributed by atoms with Crippen LogP contribution in [0.15, 0.2) is 42.5 Å². The van der Waals surface area contributed by atoms with Crippen LogP contribution in [0.2, 0.25) is 0 Å². The van der Waals surface area contributed by atoms with Crippen molar-refractivity contribution in [2.75, 3.05) is 5.32 Å². The largest absolute Gasteiger partial charge is 0.449 e. The summed E-state index contributed by atoms with van der Waals surface area (Å²) >= 11 is 0. The van der Waals surface area contributed by atoms with E-state index in [1.807, 2.05) is 64.1 Å². The van der Waals surface area contributed by atoms with Gasteiger partial charge >= 0.3 is 5.97 Å². The van der Waals surface area contributed by atoms with Crippen LogP contribution in [0.4, 0.5) is 5.69 Å². The summed E-state index contributed by atoms with van der Waals surface area (Å²) in [6.45, 7) is 9.20. The summed E-state index contributed by atoms with van der Waals surface area (Å²) in [6.07, 6.45) is -0.931. The van der Waals surface area contributed by atoms with Crippen LogP contribution in [0.3, 0.4) is 0 Å². The van der Waals surface area contributed by atoms with E-state index in [2.05, 4.69) is 10.3 Å². The van der Waals surface area contributed by atoms with Crippen LogP contribution in [0.25, 0.3) is 10.9 Å². The lowest BCUT2D eigenvalue weighted by atomic mass is 10.1. The first kappa shape index (κ1) is 19.5. The highest BCUT2D eigenvalue weighted by Gasteiger charge is 2.22. The van der Waals surface area contributed by atoms with Crippen molar-refractivity contribution in [1.29, 1.82) is 0 Å². The SMILES string of the molecule is Cc1ccc2nc(C)cc(C(=O)O[C@@H](C)C(=O)Nc3c(C)cccc3C)c2c1. The molecule has 3 rings (SSSR count). The van der Waals surface area contributed by atoms with Gasteiger partial charge in [0, 0.05) is 16.8 Å². The zero-order valence-electron chi connectivity index (χ0n) is 16.8. The molecule has 0 bridgehead atoms. The lowest BCUT2D eigenvalue weighted by molar-refractivity contribution is -0.123. The molecule has 0 saturated carbocycles. The lowest BCUT2D eigenvalue weighted by Gasteiger charge is -2.17. The molecular formula is C23H24N2O3. The highest BCUT2D eigenvalue weighted by molar-refractivity contribution is 6.05. The number of nitrogens with one attached hydrogen (secondary N) is 1. The number of benzene rings is 2. The highest BCUT2D eigenvalue weighted by atomic mass is 16.5. The number of esters is 1. The van der Waals surface area contributed by atoms with Crippen molar-refractivity contribution < 1.29 is 14.3 Å². The van der Waals surface area contributed by atoms with Crippen molar-refractivity contribution >= 4 is 28.5 Å². The molecule has 0 saturated heterocycles. The first-order valence-corrected chi connectivity index (χ1v) is 9.22. The van der Waals surface area contributed by atoms with E-state index in [9.17, 15) is 9.59 Å². The maximum atomic E-state index is 12.8. The molecule has 1 aromatic heterocycles. The molecule has 1 heterocycles. The van der Waals surface area contributed by atoms with Crippen LogP contribution in [-0.2, 0) is 9.53 Å². The second-order valence-corrected chi connectivity index (χ2v) is 7.14. The average Bonchev–Trinajstić information content (AvgIpc) is 2.64. The third-order valence-corrected chi connectivity index (χ3v) is 4.69. The van der Waals surface area contributed by atoms with E-state index >= 15 is 0 Å². The summed E-state index contributed by atoms with van der Waals surface area (Å²) in [4.78, 5) is 29.8. The number of carbonyl (C=O) groups excluding carboxylic acids is 2. The summed E-state index contributed by atoms with van der Waals surface area (Å²) in [6, 6.07) is 13.2. The Morgan fingerprint density at radius 3 is 2.36 bits per heavy atom. The number of hydrogen-bond donors (Lipinski definition) is 1. The van der Waals surface area contributed by atoms with Gasteiger partial charge in [-0.05, 0) is 63.9 Å². The Hall–Kier alpha value is -3.21. The van der Waals surface area contributed by atoms with Gasteiger partial charge in [0.15, 0.2) is 6.10 Å². The molecule has 5 nitrogen and oxygen atoms in total. The molecule has 2 aromatic carbocycles. The van der Waals surface area contributed by atoms with Gasteiger partial charge in [0.05, 0.1) is 11.1 Å². The van der Waals surface area contributed by atoms with Crippen molar-refractivity contribution in [1.82, 2.24) is 4.98 Å². The third kappa shape index (κ3) is 4.03. The monoisotopic (exact) mass is 376 g/mol. The normalized spacial score (nSPS) is 11.9. The third-order valence-electron chi connectivity index (χ3n) is 4.69. The van der Waals surface area contributed by atoms with Gasteiger partial charge in [0.25, 0.3) is 5.91 Å². The summed E-state index contributed by atoms with van der Waals surface area (Å²) in [5.41, 5.74) is 5.54. The molecule has 1 atom stereocenters. The maximum Gasteiger partial charge on any atom is 0.339 e. The van der Waals surface area contributed by atoms with Gasteiger partial charge in [-0.1, -0.05) is 29.8 Å². The Morgan fingerprint density at radius 2 is 1.68 bits per heavy atom. The molecule has 0 radical (unpaired) electrons. The van der Waals surface area contributed by atoms with Crippen LogP contribution in [-0.4, -0.2) is 23.0 Å². The second kappa shape index (κ2) is 7.80. The quantitative estimate of drug-likeness (QED) is 0.673. The Morgan fingerprint density at radius 1 is 1.00 bits per heavy atom. The topological polar surface area (TPSA) is 68.3 Å². The fourth-order valence-electron chi connectivity index (χ4n) is 3.15. The Labute approximate surface area is 164 Å². The van der Waals surface area contributed by atoms with Crippen molar-refractivity contribution in [2.45, 2.75) is 40.7 Å². The Kier molecular flexibility index (Phi) is 5.45. The highest BCUT2D eigenvalue weighted by Crippen LogP contribution is 2.22. The molecule has 3 aromatic rings. The van der Waals surface area contributed by atoms with Gasteiger partial charge in [0.1, 0.15) is 0 Å². The number of ether oxygens (including phenoxy) is 1. The number of aryl methyl sites for hydroxylation is 4. The van der Waals surface area contributed by atoms with Crippen molar-refractivity contribution in [2.24, 2.45) is 0 Å². The molecule has 0 aliphatic heterocycles. The molecule has 0 aliphatic carbocycles. The number of rotatable bonds is 4. The number of fused-ring (bicyclic) bond motifs is 1. The summed E-state index contributed by atoms with van der Waals surface area (Å²) in [5.74, 6) is -0.901. The predicted octanol–water partition coefficient (Wildman–Crippen LogP) is 4.65. The van der Waals surface area contributed by atoms with Crippen LogP contribution in [0.5, 0.6) is 0 Å². The van der Waals surface area contributed by atoms with E-state index < -0.39 is 12.1 Å². The first-order valence-electron chi connectivity index (χ1n) is 9.22. The molecule has 1 N–H and O–H groups in total. The van der Waals surface area contributed by atoms with Gasteiger partial charge in [-0.2, -0.15) is 0 Å². The minimum Gasteiger partial charge on any atom is -0.449 e. The molecule has 28 heavy (non-hydrogen) atoms. The van der Waals surface area contributed by atoms with Crippen molar-refractivity contribution in [3.63, 3.8) is 0 Å². The standard InChI is InChI=1S/C23H24N2O3/c1-13-9-10-20-18(11-13)19(12-16(4)24-20)23(27)28-17(5)22(26)25-21-14(2)7-6-8-15(21)3/h6-12,17H,1-5H3,(H,25,26)/t17-/m0/s1. The van der Waals surface area contributed by atoms with Crippen LogP contribution < -0.4 is 5.32 Å². The fourth-order valence-corrected chi connectivity index (χ4v) is 3.15. The number of carbonyl (C=O) groups is 2. The summed E-state index contributed by atoms with van der Waals surface area (Å²) in [5, 5.41) is 3.58. The smallest absolute Gasteiger partial charge is 0.339 e. The maximum absolute atomic E-state index is 12.8. The number of anilines is 1. The summed E-state index contributed by atoms with van der Waals surface area (Å²) in [7, 11) is 0. The minimum atomic E-state index is -0.931. The minimum absolute atomic E-state index is 0.364. The van der Waals surface area contributed by atoms with Crippen LogP contribution in [0, 0.1) is 27.7 Å². The van der Waals surface area contributed by atoms with Gasteiger partial charge in [-0.25, -0.2) is 4.79 Å². The predicted molar refractivity (Wildman–Crippen MR) is 111 cm³/mol. The lowest BCUT2D eigenvalue weighted by Crippen LogP contribution is -2.30. The van der Waals surface area contributed by atoms with Gasteiger partial charge in [-0.15, -0.1) is 0 Å². The number of hydrogen-bond acceptors (Lipinski definition) is 4. The Balaban J connectivity index is 1.82. The molecule has 0 unspecified atom stereocenters. The van der Waals surface area contributed by atoms with Crippen molar-refractivity contribution in [3.05, 3.63) is 70.4 Å². The van der Waals surface area contributed by atoms with Gasteiger partial charge < -0.3 is 10.1 Å². The van der Waals surface area contributed by atoms with Gasteiger partial charge in [-0.3, -0.25) is 9.78 Å². The van der Waals surface area contributed by atoms with E-state index in [0.29, 0.717) is 5.56 Å². The van der Waals surface area contributed by atoms with E-state index in [4.69, 9.17) is 4.74 Å². The van der Waals surface area contributed by atoms with E-state index in [-0.39, 0.29) is 5.91 Å². The summed E-state index contributed by atoms with van der Waals surface area (Å²) < 4.78 is 5.47.